The summed E-state index contributed by atoms with van der Waals surface area (Å²) in [6.45, 7) is 0.0622. The molecule has 0 aliphatic carbocycles. The number of phenols is 2. The molecule has 0 unspecified atom stereocenters. The van der Waals surface area contributed by atoms with Gasteiger partial charge >= 0.3 is 0 Å². The van der Waals surface area contributed by atoms with E-state index in [9.17, 15) is 10.2 Å². The zero-order valence-electron chi connectivity index (χ0n) is 6.12. The SMILES string of the molecule is NOCc1ccc(Br)c(O)c1O. The van der Waals surface area contributed by atoms with E-state index in [1.54, 1.807) is 12.1 Å². The van der Waals surface area contributed by atoms with Crippen LogP contribution in [0.4, 0.5) is 0 Å². The van der Waals surface area contributed by atoms with Crippen molar-refractivity contribution >= 4 is 15.9 Å². The Labute approximate surface area is 77.7 Å². The molecular weight excluding hydrogens is 226 g/mol. The van der Waals surface area contributed by atoms with Crippen molar-refractivity contribution in [2.45, 2.75) is 6.61 Å². The minimum Gasteiger partial charge on any atom is -0.504 e. The van der Waals surface area contributed by atoms with Crippen LogP contribution in [0.1, 0.15) is 5.56 Å². The molecule has 0 heterocycles. The molecule has 1 aromatic carbocycles. The topological polar surface area (TPSA) is 75.7 Å². The number of benzene rings is 1. The number of aromatic hydroxyl groups is 2. The smallest absolute Gasteiger partial charge is 0.172 e. The Kier molecular flexibility index (Phi) is 2.91. The molecule has 12 heavy (non-hydrogen) atoms. The minimum atomic E-state index is -0.213. The fourth-order valence-electron chi connectivity index (χ4n) is 0.803. The molecule has 0 radical (unpaired) electrons. The zero-order valence-corrected chi connectivity index (χ0v) is 7.71. The normalized spacial score (nSPS) is 10.2. The first-order valence-corrected chi connectivity index (χ1v) is 3.97. The molecule has 4 nitrogen and oxygen atoms in total. The van der Waals surface area contributed by atoms with Gasteiger partial charge in [0.25, 0.3) is 0 Å². The molecule has 0 aromatic heterocycles. The van der Waals surface area contributed by atoms with Crippen LogP contribution in [0, 0.1) is 0 Å². The summed E-state index contributed by atoms with van der Waals surface area (Å²) >= 11 is 3.05. The Balaban J connectivity index is 3.08. The van der Waals surface area contributed by atoms with Crippen LogP contribution in [0.5, 0.6) is 11.5 Å². The maximum Gasteiger partial charge on any atom is 0.172 e. The first-order chi connectivity index (χ1) is 5.66. The summed E-state index contributed by atoms with van der Waals surface area (Å²) in [6, 6.07) is 3.20. The summed E-state index contributed by atoms with van der Waals surface area (Å²) in [5.41, 5.74) is 0.443. The van der Waals surface area contributed by atoms with E-state index >= 15 is 0 Å². The maximum absolute atomic E-state index is 9.29. The highest BCUT2D eigenvalue weighted by atomic mass is 79.9. The zero-order chi connectivity index (χ0) is 9.14. The summed E-state index contributed by atoms with van der Waals surface area (Å²) in [7, 11) is 0. The Morgan fingerprint density at radius 3 is 2.58 bits per heavy atom. The second-order valence-electron chi connectivity index (χ2n) is 2.21. The van der Waals surface area contributed by atoms with Crippen molar-refractivity contribution in [1.29, 1.82) is 0 Å². The highest BCUT2D eigenvalue weighted by molar-refractivity contribution is 9.10. The summed E-state index contributed by atoms with van der Waals surface area (Å²) in [5.74, 6) is 4.40. The van der Waals surface area contributed by atoms with Gasteiger partial charge in [0.1, 0.15) is 0 Å². The Morgan fingerprint density at radius 1 is 1.33 bits per heavy atom. The van der Waals surface area contributed by atoms with Gasteiger partial charge in [-0.1, -0.05) is 6.07 Å². The molecule has 1 aromatic rings. The van der Waals surface area contributed by atoms with Crippen LogP contribution in [0.15, 0.2) is 16.6 Å². The number of hydrogen-bond acceptors (Lipinski definition) is 4. The molecular formula is C7H8BrNO3. The van der Waals surface area contributed by atoms with Gasteiger partial charge in [0.15, 0.2) is 11.5 Å². The molecule has 0 amide bonds. The van der Waals surface area contributed by atoms with Crippen LogP contribution in [-0.2, 0) is 11.4 Å². The summed E-state index contributed by atoms with van der Waals surface area (Å²) in [4.78, 5) is 4.32. The van der Waals surface area contributed by atoms with E-state index in [1.165, 1.54) is 0 Å². The Bertz CT molecular complexity index is 290. The third-order valence-electron chi connectivity index (χ3n) is 1.42. The predicted molar refractivity (Wildman–Crippen MR) is 46.4 cm³/mol. The lowest BCUT2D eigenvalue weighted by molar-refractivity contribution is 0.122. The molecule has 0 aliphatic heterocycles. The third kappa shape index (κ3) is 1.69. The number of rotatable bonds is 2. The van der Waals surface area contributed by atoms with Crippen molar-refractivity contribution < 1.29 is 15.1 Å². The van der Waals surface area contributed by atoms with E-state index in [-0.39, 0.29) is 18.1 Å². The van der Waals surface area contributed by atoms with Crippen molar-refractivity contribution in [1.82, 2.24) is 0 Å². The van der Waals surface area contributed by atoms with Gasteiger partial charge in [0, 0.05) is 5.56 Å². The monoisotopic (exact) mass is 233 g/mol. The highest BCUT2D eigenvalue weighted by Gasteiger charge is 2.09. The molecule has 0 atom stereocenters. The van der Waals surface area contributed by atoms with Gasteiger partial charge in [0.2, 0.25) is 0 Å². The van der Waals surface area contributed by atoms with Crippen LogP contribution in [0.25, 0.3) is 0 Å². The molecule has 66 valence electrons. The highest BCUT2D eigenvalue weighted by Crippen LogP contribution is 2.35. The van der Waals surface area contributed by atoms with Crippen molar-refractivity contribution in [2.24, 2.45) is 5.90 Å². The Hall–Kier alpha value is -0.780. The van der Waals surface area contributed by atoms with Gasteiger partial charge < -0.3 is 10.2 Å². The fraction of sp³-hybridized carbons (Fsp3) is 0.143. The standard InChI is InChI=1S/C7H8BrNO3/c8-5-2-1-4(3-12-9)6(10)7(5)11/h1-2,10-11H,3,9H2. The molecule has 0 saturated heterocycles. The van der Waals surface area contributed by atoms with E-state index < -0.39 is 0 Å². The lowest BCUT2D eigenvalue weighted by Crippen LogP contribution is -1.99. The molecule has 1 rings (SSSR count). The van der Waals surface area contributed by atoms with Crippen molar-refractivity contribution in [3.8, 4) is 11.5 Å². The summed E-state index contributed by atoms with van der Waals surface area (Å²) in [5, 5.41) is 18.5. The maximum atomic E-state index is 9.29. The molecule has 5 heteroatoms. The van der Waals surface area contributed by atoms with E-state index in [4.69, 9.17) is 5.90 Å². The van der Waals surface area contributed by atoms with Gasteiger partial charge in [-0.2, -0.15) is 0 Å². The van der Waals surface area contributed by atoms with Crippen LogP contribution in [-0.4, -0.2) is 10.2 Å². The molecule has 0 saturated carbocycles. The number of hydrogen-bond donors (Lipinski definition) is 3. The second-order valence-corrected chi connectivity index (χ2v) is 3.07. The van der Waals surface area contributed by atoms with Crippen LogP contribution < -0.4 is 5.90 Å². The predicted octanol–water partition coefficient (Wildman–Crippen LogP) is 1.25. The molecule has 0 bridgehead atoms. The van der Waals surface area contributed by atoms with Gasteiger partial charge in [-0.25, -0.2) is 5.90 Å². The van der Waals surface area contributed by atoms with Crippen molar-refractivity contribution in [3.05, 3.63) is 22.2 Å². The summed E-state index contributed by atoms with van der Waals surface area (Å²) < 4.78 is 0.431. The summed E-state index contributed by atoms with van der Waals surface area (Å²) in [6.07, 6.45) is 0. The van der Waals surface area contributed by atoms with Gasteiger partial charge in [-0.05, 0) is 22.0 Å². The lowest BCUT2D eigenvalue weighted by Gasteiger charge is -2.05. The van der Waals surface area contributed by atoms with E-state index in [2.05, 4.69) is 20.8 Å². The van der Waals surface area contributed by atoms with Gasteiger partial charge in [-0.3, -0.25) is 4.84 Å². The van der Waals surface area contributed by atoms with E-state index in [1.807, 2.05) is 0 Å². The van der Waals surface area contributed by atoms with E-state index in [0.717, 1.165) is 0 Å². The van der Waals surface area contributed by atoms with Crippen molar-refractivity contribution in [2.75, 3.05) is 0 Å². The number of phenolic OH excluding ortho intramolecular Hbond substituents is 2. The second kappa shape index (κ2) is 3.75. The molecule has 4 N–H and O–H groups in total. The minimum absolute atomic E-state index is 0.0622. The molecule has 0 spiro atoms. The first kappa shape index (κ1) is 9.31. The van der Waals surface area contributed by atoms with E-state index in [0.29, 0.717) is 10.0 Å². The molecule has 0 fully saturated rings. The average molecular weight is 234 g/mol. The van der Waals surface area contributed by atoms with Crippen LogP contribution in [0.2, 0.25) is 0 Å². The van der Waals surface area contributed by atoms with Crippen molar-refractivity contribution in [3.63, 3.8) is 0 Å². The number of halogens is 1. The Morgan fingerprint density at radius 2 is 2.00 bits per heavy atom. The largest absolute Gasteiger partial charge is 0.504 e. The van der Waals surface area contributed by atoms with Gasteiger partial charge in [-0.15, -0.1) is 0 Å². The lowest BCUT2D eigenvalue weighted by atomic mass is 10.2. The average Bonchev–Trinajstić information content (AvgIpc) is 2.07. The third-order valence-corrected chi connectivity index (χ3v) is 2.06. The molecule has 0 aliphatic rings. The van der Waals surface area contributed by atoms with Gasteiger partial charge in [0.05, 0.1) is 11.1 Å². The fourth-order valence-corrected chi connectivity index (χ4v) is 1.12. The van der Waals surface area contributed by atoms with Crippen LogP contribution in [0.3, 0.4) is 0 Å². The first-order valence-electron chi connectivity index (χ1n) is 3.17. The quantitative estimate of drug-likeness (QED) is 0.531. The van der Waals surface area contributed by atoms with Crippen LogP contribution >= 0.6 is 15.9 Å². The number of nitrogens with two attached hydrogens (primary N) is 1.